The molecule has 2 saturated carbocycles. The van der Waals surface area contributed by atoms with Crippen LogP contribution in [0.1, 0.15) is 73.6 Å². The van der Waals surface area contributed by atoms with Gasteiger partial charge >= 0.3 is 0 Å². The van der Waals surface area contributed by atoms with Gasteiger partial charge in [0.2, 0.25) is 0 Å². The van der Waals surface area contributed by atoms with E-state index in [0.717, 1.165) is 5.57 Å². The molecule has 182 valence electrons. The van der Waals surface area contributed by atoms with Crippen LogP contribution in [0.5, 0.6) is 0 Å². The van der Waals surface area contributed by atoms with Gasteiger partial charge in [0.15, 0.2) is 17.7 Å². The van der Waals surface area contributed by atoms with E-state index in [1.54, 1.807) is 0 Å². The number of hydrogen-bond acceptors (Lipinski definition) is 5. The topological polar surface area (TPSA) is 87.1 Å². The van der Waals surface area contributed by atoms with Crippen LogP contribution in [0, 0.1) is 40.4 Å². The molecule has 0 aromatic carbocycles. The van der Waals surface area contributed by atoms with Crippen LogP contribution >= 0.6 is 0 Å². The van der Waals surface area contributed by atoms with Gasteiger partial charge in [-0.05, 0) is 54.9 Å². The van der Waals surface area contributed by atoms with Crippen molar-refractivity contribution < 1.29 is 24.5 Å². The lowest BCUT2D eigenvalue weighted by Crippen LogP contribution is -2.61. The van der Waals surface area contributed by atoms with E-state index in [1.807, 2.05) is 6.92 Å². The first-order valence-electron chi connectivity index (χ1n) is 12.9. The fraction of sp³-hybridized carbons (Fsp3) is 0.786. The minimum Gasteiger partial charge on any atom is -0.393 e. The predicted octanol–water partition coefficient (Wildman–Crippen LogP) is 4.01. The molecule has 5 heteroatoms. The molecule has 1 spiro atoms. The Balaban J connectivity index is 1.55. The van der Waals surface area contributed by atoms with Gasteiger partial charge in [0.05, 0.1) is 17.8 Å². The molecule has 5 aliphatic rings. The molecule has 0 aromatic heterocycles. The summed E-state index contributed by atoms with van der Waals surface area (Å²) in [7, 11) is 0. The zero-order chi connectivity index (χ0) is 24.1. The molecule has 5 nitrogen and oxygen atoms in total. The summed E-state index contributed by atoms with van der Waals surface area (Å²) in [5.74, 6) is 0.666. The lowest BCUT2D eigenvalue weighted by Gasteiger charge is -2.57. The van der Waals surface area contributed by atoms with Gasteiger partial charge in [-0.3, -0.25) is 9.59 Å². The van der Waals surface area contributed by atoms with Gasteiger partial charge in [-0.15, -0.1) is 0 Å². The molecule has 2 N–H and O–H groups in total. The van der Waals surface area contributed by atoms with Crippen molar-refractivity contribution in [1.82, 2.24) is 0 Å². The molecule has 0 unspecified atom stereocenters. The van der Waals surface area contributed by atoms with Crippen molar-refractivity contribution >= 4 is 11.6 Å². The molecule has 1 aliphatic heterocycles. The highest BCUT2D eigenvalue weighted by Crippen LogP contribution is 2.70. The number of Topliss-reactive ketones (excluding diaryl/α,β-unsaturated/α-hetero) is 2. The maximum absolute atomic E-state index is 14.1. The number of rotatable bonds is 4. The van der Waals surface area contributed by atoms with Crippen LogP contribution in [0.4, 0.5) is 0 Å². The quantitative estimate of drug-likeness (QED) is 0.379. The number of carbonyl (C=O) groups excluding carboxylic acids is 2. The number of allylic oxidation sites excluding steroid dienone is 2. The van der Waals surface area contributed by atoms with Crippen LogP contribution in [0.3, 0.4) is 0 Å². The fourth-order valence-electron chi connectivity index (χ4n) is 7.86. The Hall–Kier alpha value is -1.30. The number of ether oxygens (including phenoxy) is 1. The van der Waals surface area contributed by atoms with Crippen LogP contribution in [0.2, 0.25) is 0 Å². The van der Waals surface area contributed by atoms with Crippen molar-refractivity contribution in [2.45, 2.75) is 97.6 Å². The van der Waals surface area contributed by atoms with Gasteiger partial charge in [-0.2, -0.15) is 0 Å². The minimum atomic E-state index is -0.700. The highest BCUT2D eigenvalue weighted by atomic mass is 16.6. The van der Waals surface area contributed by atoms with Crippen molar-refractivity contribution in [2.24, 2.45) is 40.4 Å². The monoisotopic (exact) mass is 456 g/mol. The minimum absolute atomic E-state index is 0.0125. The summed E-state index contributed by atoms with van der Waals surface area (Å²) in [4.78, 5) is 27.7. The van der Waals surface area contributed by atoms with Crippen molar-refractivity contribution in [3.8, 4) is 0 Å². The van der Waals surface area contributed by atoms with E-state index >= 15 is 0 Å². The molecule has 0 amide bonds. The predicted molar refractivity (Wildman–Crippen MR) is 125 cm³/mol. The molecule has 2 bridgehead atoms. The standard InChI is InChI=1S/C28H40O5/c1-14(2)15(3)7-8-16(4)19-11-20(30)18-13-26(19,5)24(32)21-22(18)27(6)10-9-17(29)12-28(27)25(33-28)23(21)31/h7-8,14-20,25,29-30H,9-13H2,1-6H3/t15-,16+,17-,18-,19+,20-,25-,26+,27+,28-/m0/s1. The number of fused-ring (bicyclic) bond motifs is 4. The van der Waals surface area contributed by atoms with Gasteiger partial charge in [-0.1, -0.05) is 53.7 Å². The molecular weight excluding hydrogens is 416 g/mol. The third kappa shape index (κ3) is 3.01. The van der Waals surface area contributed by atoms with Crippen LogP contribution in [-0.2, 0) is 14.3 Å². The molecule has 1 saturated heterocycles. The Labute approximate surface area is 197 Å². The van der Waals surface area contributed by atoms with E-state index in [-0.39, 0.29) is 29.3 Å². The van der Waals surface area contributed by atoms with Crippen LogP contribution < -0.4 is 0 Å². The van der Waals surface area contributed by atoms with Crippen LogP contribution in [-0.4, -0.2) is 45.7 Å². The van der Waals surface area contributed by atoms with Gasteiger partial charge in [-0.25, -0.2) is 0 Å². The highest BCUT2D eigenvalue weighted by molar-refractivity contribution is 6.26. The van der Waals surface area contributed by atoms with Crippen molar-refractivity contribution in [3.63, 3.8) is 0 Å². The van der Waals surface area contributed by atoms with E-state index in [4.69, 9.17) is 4.74 Å². The Kier molecular flexibility index (Phi) is 5.22. The smallest absolute Gasteiger partial charge is 0.198 e. The van der Waals surface area contributed by atoms with Crippen LogP contribution in [0.25, 0.3) is 0 Å². The third-order valence-corrected chi connectivity index (χ3v) is 10.4. The average Bonchev–Trinajstić information content (AvgIpc) is 3.48. The SMILES string of the molecule is CC(C)[C@@H](C)C=C[C@@H](C)[C@H]1C[C@H](O)[C@@H]2C[C@@]1(C)C(=O)C1=C2[C@@]2(C)CC[C@H](O)C[C@@]23O[C@H]3C1=O. The fourth-order valence-corrected chi connectivity index (χ4v) is 7.86. The molecule has 0 radical (unpaired) electrons. The molecule has 5 rings (SSSR count). The van der Waals surface area contributed by atoms with Crippen molar-refractivity contribution in [1.29, 1.82) is 0 Å². The lowest BCUT2D eigenvalue weighted by atomic mass is 9.45. The van der Waals surface area contributed by atoms with E-state index in [2.05, 4.69) is 46.8 Å². The van der Waals surface area contributed by atoms with E-state index < -0.39 is 34.7 Å². The molecule has 0 aromatic rings. The van der Waals surface area contributed by atoms with Crippen LogP contribution in [0.15, 0.2) is 23.3 Å². The summed E-state index contributed by atoms with van der Waals surface area (Å²) < 4.78 is 6.08. The molecule has 3 fully saturated rings. The molecule has 33 heavy (non-hydrogen) atoms. The zero-order valence-corrected chi connectivity index (χ0v) is 20.9. The molecular formula is C28H40O5. The number of hydrogen-bond donors (Lipinski definition) is 2. The Morgan fingerprint density at radius 3 is 2.42 bits per heavy atom. The number of ketones is 2. The Bertz CT molecular complexity index is 948. The largest absolute Gasteiger partial charge is 0.393 e. The highest BCUT2D eigenvalue weighted by Gasteiger charge is 2.78. The summed E-state index contributed by atoms with van der Waals surface area (Å²) in [6.07, 6.45) is 5.66. The second-order valence-corrected chi connectivity index (χ2v) is 12.6. The van der Waals surface area contributed by atoms with E-state index in [1.165, 1.54) is 0 Å². The molecule has 4 aliphatic carbocycles. The van der Waals surface area contributed by atoms with Crippen molar-refractivity contribution in [2.75, 3.05) is 0 Å². The second kappa shape index (κ2) is 7.35. The van der Waals surface area contributed by atoms with Crippen molar-refractivity contribution in [3.05, 3.63) is 23.3 Å². The number of aliphatic hydroxyl groups is 2. The van der Waals surface area contributed by atoms with Gasteiger partial charge in [0, 0.05) is 23.2 Å². The molecule has 1 heterocycles. The first-order chi connectivity index (χ1) is 15.4. The lowest BCUT2D eigenvalue weighted by molar-refractivity contribution is -0.141. The summed E-state index contributed by atoms with van der Waals surface area (Å²) in [5.41, 5.74) is -0.663. The number of carbonyl (C=O) groups is 2. The Morgan fingerprint density at radius 1 is 1.06 bits per heavy atom. The van der Waals surface area contributed by atoms with Gasteiger partial charge in [0.1, 0.15) is 5.60 Å². The van der Waals surface area contributed by atoms with Gasteiger partial charge < -0.3 is 14.9 Å². The third-order valence-electron chi connectivity index (χ3n) is 10.4. The van der Waals surface area contributed by atoms with Gasteiger partial charge in [0.25, 0.3) is 0 Å². The average molecular weight is 457 g/mol. The molecule has 10 atom stereocenters. The summed E-state index contributed by atoms with van der Waals surface area (Å²) in [6.45, 7) is 12.9. The Morgan fingerprint density at radius 2 is 1.76 bits per heavy atom. The second-order valence-electron chi connectivity index (χ2n) is 12.6. The first-order valence-corrected chi connectivity index (χ1v) is 12.9. The summed E-state index contributed by atoms with van der Waals surface area (Å²) >= 11 is 0. The normalized spacial score (nSPS) is 48.5. The maximum Gasteiger partial charge on any atom is 0.198 e. The summed E-state index contributed by atoms with van der Waals surface area (Å²) in [6, 6.07) is 0. The zero-order valence-electron chi connectivity index (χ0n) is 20.9. The number of epoxide rings is 1. The van der Waals surface area contributed by atoms with E-state index in [9.17, 15) is 19.8 Å². The summed E-state index contributed by atoms with van der Waals surface area (Å²) in [5, 5.41) is 21.8. The van der Waals surface area contributed by atoms with E-state index in [0.29, 0.717) is 49.5 Å². The first kappa shape index (κ1) is 23.4. The maximum atomic E-state index is 14.1. The number of aliphatic hydroxyl groups excluding tert-OH is 2.